The van der Waals surface area contributed by atoms with Crippen molar-refractivity contribution in [2.24, 2.45) is 5.41 Å². The predicted molar refractivity (Wildman–Crippen MR) is 74.6 cm³/mol. The van der Waals surface area contributed by atoms with Crippen LogP contribution in [0.5, 0.6) is 0 Å². The van der Waals surface area contributed by atoms with Gasteiger partial charge < -0.3 is 10.1 Å². The van der Waals surface area contributed by atoms with E-state index in [1.54, 1.807) is 0 Å². The molecule has 0 aromatic rings. The Morgan fingerprint density at radius 2 is 1.89 bits per heavy atom. The molecule has 1 N–H and O–H groups in total. The normalized spacial score (nSPS) is 22.1. The Morgan fingerprint density at radius 1 is 1.26 bits per heavy atom. The van der Waals surface area contributed by atoms with Gasteiger partial charge >= 0.3 is 5.97 Å². The number of amides is 1. The van der Waals surface area contributed by atoms with Crippen LogP contribution in [0.1, 0.15) is 66.7 Å². The molecule has 4 heteroatoms. The van der Waals surface area contributed by atoms with Gasteiger partial charge in [-0.15, -0.1) is 0 Å². The zero-order chi connectivity index (χ0) is 14.7. The Morgan fingerprint density at radius 3 is 2.37 bits per heavy atom. The van der Waals surface area contributed by atoms with Crippen molar-refractivity contribution in [1.29, 1.82) is 0 Å². The van der Waals surface area contributed by atoms with Crippen molar-refractivity contribution < 1.29 is 14.3 Å². The second kappa shape index (κ2) is 5.93. The summed E-state index contributed by atoms with van der Waals surface area (Å²) in [4.78, 5) is 23.3. The van der Waals surface area contributed by atoms with Gasteiger partial charge in [0, 0.05) is 12.5 Å². The molecular formula is C15H27NO3. The van der Waals surface area contributed by atoms with Crippen molar-refractivity contribution >= 4 is 11.9 Å². The molecule has 1 atom stereocenters. The zero-order valence-electron chi connectivity index (χ0n) is 12.8. The summed E-state index contributed by atoms with van der Waals surface area (Å²) >= 11 is 0. The van der Waals surface area contributed by atoms with Crippen LogP contribution in [0.15, 0.2) is 0 Å². The number of nitrogens with one attached hydrogen (secondary N) is 1. The summed E-state index contributed by atoms with van der Waals surface area (Å²) in [6, 6.07) is 0.265. The van der Waals surface area contributed by atoms with Crippen molar-refractivity contribution in [3.05, 3.63) is 0 Å². The van der Waals surface area contributed by atoms with Gasteiger partial charge in [-0.2, -0.15) is 0 Å². The summed E-state index contributed by atoms with van der Waals surface area (Å²) in [5, 5.41) is 3.01. The summed E-state index contributed by atoms with van der Waals surface area (Å²) in [6.45, 7) is 9.92. The van der Waals surface area contributed by atoms with Crippen LogP contribution >= 0.6 is 0 Å². The van der Waals surface area contributed by atoms with Crippen LogP contribution < -0.4 is 5.32 Å². The van der Waals surface area contributed by atoms with E-state index < -0.39 is 5.60 Å². The van der Waals surface area contributed by atoms with E-state index in [4.69, 9.17) is 4.74 Å². The predicted octanol–water partition coefficient (Wildman–Crippen LogP) is 2.80. The second-order valence-corrected chi connectivity index (χ2v) is 7.26. The molecule has 1 amide bonds. The van der Waals surface area contributed by atoms with E-state index in [0.29, 0.717) is 5.41 Å². The van der Waals surface area contributed by atoms with E-state index in [2.05, 4.69) is 19.2 Å². The topological polar surface area (TPSA) is 55.4 Å². The van der Waals surface area contributed by atoms with E-state index in [9.17, 15) is 9.59 Å². The zero-order valence-corrected chi connectivity index (χ0v) is 12.8. The summed E-state index contributed by atoms with van der Waals surface area (Å²) in [5.41, 5.74) is -0.161. The quantitative estimate of drug-likeness (QED) is 0.798. The highest BCUT2D eigenvalue weighted by atomic mass is 16.6. The van der Waals surface area contributed by atoms with Crippen molar-refractivity contribution in [2.45, 2.75) is 78.4 Å². The lowest BCUT2D eigenvalue weighted by Gasteiger charge is -2.20. The number of ether oxygens (including phenoxy) is 1. The number of carbonyl (C=O) groups excluding carboxylic acids is 2. The van der Waals surface area contributed by atoms with Gasteiger partial charge in [-0.05, 0) is 45.4 Å². The molecule has 0 radical (unpaired) electrons. The Kier molecular flexibility index (Phi) is 4.99. The lowest BCUT2D eigenvalue weighted by Crippen LogP contribution is -2.34. The Bertz CT molecular complexity index is 342. The number of rotatable bonds is 4. The Labute approximate surface area is 116 Å². The molecule has 0 heterocycles. The number of carbonyl (C=O) groups is 2. The first kappa shape index (κ1) is 16.0. The Balaban J connectivity index is 2.24. The average Bonchev–Trinajstić information content (AvgIpc) is 2.52. The third-order valence-electron chi connectivity index (χ3n) is 3.31. The molecule has 0 aliphatic heterocycles. The minimum atomic E-state index is -0.483. The van der Waals surface area contributed by atoms with Gasteiger partial charge in [-0.3, -0.25) is 9.59 Å². The number of esters is 1. The minimum absolute atomic E-state index is 0.0476. The molecule has 19 heavy (non-hydrogen) atoms. The highest BCUT2D eigenvalue weighted by Crippen LogP contribution is 2.36. The van der Waals surface area contributed by atoms with Gasteiger partial charge in [0.05, 0.1) is 6.42 Å². The summed E-state index contributed by atoms with van der Waals surface area (Å²) in [6.07, 6.45) is 3.56. The molecule has 1 aliphatic rings. The van der Waals surface area contributed by atoms with Gasteiger partial charge in [-0.1, -0.05) is 13.8 Å². The van der Waals surface area contributed by atoms with Crippen LogP contribution in [-0.4, -0.2) is 23.5 Å². The third kappa shape index (κ3) is 6.60. The SMILES string of the molecule is CC1(C)CCC(NC(=O)CCC(=O)OC(C)(C)C)C1. The smallest absolute Gasteiger partial charge is 0.306 e. The van der Waals surface area contributed by atoms with Gasteiger partial charge in [0.15, 0.2) is 0 Å². The maximum Gasteiger partial charge on any atom is 0.306 e. The molecule has 0 aromatic heterocycles. The number of hydrogen-bond acceptors (Lipinski definition) is 3. The summed E-state index contributed by atoms with van der Waals surface area (Å²) < 4.78 is 5.17. The maximum absolute atomic E-state index is 11.8. The lowest BCUT2D eigenvalue weighted by atomic mass is 9.92. The molecule has 1 saturated carbocycles. The van der Waals surface area contributed by atoms with Crippen molar-refractivity contribution in [3.63, 3.8) is 0 Å². The van der Waals surface area contributed by atoms with E-state index in [0.717, 1.165) is 19.3 Å². The standard InChI is InChI=1S/C15H27NO3/c1-14(2,3)19-13(18)7-6-12(17)16-11-8-9-15(4,5)10-11/h11H,6-10H2,1-5H3,(H,16,17). The largest absolute Gasteiger partial charge is 0.460 e. The molecule has 1 unspecified atom stereocenters. The van der Waals surface area contributed by atoms with Crippen molar-refractivity contribution in [2.75, 3.05) is 0 Å². The molecule has 1 rings (SSSR count). The molecule has 0 spiro atoms. The third-order valence-corrected chi connectivity index (χ3v) is 3.31. The van der Waals surface area contributed by atoms with E-state index in [-0.39, 0.29) is 30.8 Å². The fourth-order valence-corrected chi connectivity index (χ4v) is 2.47. The van der Waals surface area contributed by atoms with Crippen molar-refractivity contribution in [1.82, 2.24) is 5.32 Å². The fourth-order valence-electron chi connectivity index (χ4n) is 2.47. The number of hydrogen-bond donors (Lipinski definition) is 1. The average molecular weight is 269 g/mol. The van der Waals surface area contributed by atoms with Crippen LogP contribution in [0.2, 0.25) is 0 Å². The second-order valence-electron chi connectivity index (χ2n) is 7.26. The van der Waals surface area contributed by atoms with E-state index in [1.165, 1.54) is 0 Å². The van der Waals surface area contributed by atoms with Gasteiger partial charge in [0.25, 0.3) is 0 Å². The van der Waals surface area contributed by atoms with E-state index >= 15 is 0 Å². The maximum atomic E-state index is 11.8. The molecule has 1 aliphatic carbocycles. The van der Waals surface area contributed by atoms with Gasteiger partial charge in [-0.25, -0.2) is 0 Å². The lowest BCUT2D eigenvalue weighted by molar-refractivity contribution is -0.155. The van der Waals surface area contributed by atoms with Gasteiger partial charge in [0.1, 0.15) is 5.60 Å². The van der Waals surface area contributed by atoms with Crippen LogP contribution in [0, 0.1) is 5.41 Å². The molecule has 1 fully saturated rings. The molecule has 4 nitrogen and oxygen atoms in total. The Hall–Kier alpha value is -1.06. The molecule has 0 aromatic carbocycles. The van der Waals surface area contributed by atoms with Gasteiger partial charge in [0.2, 0.25) is 5.91 Å². The molecule has 0 bridgehead atoms. The van der Waals surface area contributed by atoms with Crippen LogP contribution in [0.4, 0.5) is 0 Å². The van der Waals surface area contributed by atoms with Crippen molar-refractivity contribution in [3.8, 4) is 0 Å². The molecule has 110 valence electrons. The summed E-state index contributed by atoms with van der Waals surface area (Å²) in [5.74, 6) is -0.358. The highest BCUT2D eigenvalue weighted by Gasteiger charge is 2.31. The first-order valence-electron chi connectivity index (χ1n) is 7.09. The first-order chi connectivity index (χ1) is 8.57. The van der Waals surface area contributed by atoms with E-state index in [1.807, 2.05) is 20.8 Å². The highest BCUT2D eigenvalue weighted by molar-refractivity contribution is 5.81. The van der Waals surface area contributed by atoms with Crippen LogP contribution in [0.3, 0.4) is 0 Å². The minimum Gasteiger partial charge on any atom is -0.460 e. The van der Waals surface area contributed by atoms with Crippen LogP contribution in [-0.2, 0) is 14.3 Å². The monoisotopic (exact) mass is 269 g/mol. The van der Waals surface area contributed by atoms with Crippen LogP contribution in [0.25, 0.3) is 0 Å². The summed E-state index contributed by atoms with van der Waals surface area (Å²) in [7, 11) is 0. The molecule has 0 saturated heterocycles. The fraction of sp³-hybridized carbons (Fsp3) is 0.867. The first-order valence-corrected chi connectivity index (χ1v) is 7.09. The molecular weight excluding hydrogens is 242 g/mol.